The van der Waals surface area contributed by atoms with Crippen LogP contribution in [-0.2, 0) is 11.3 Å². The van der Waals surface area contributed by atoms with E-state index in [-0.39, 0.29) is 11.1 Å². The average molecular weight is 388 g/mol. The van der Waals surface area contributed by atoms with Crippen molar-refractivity contribution in [1.29, 1.82) is 0 Å². The summed E-state index contributed by atoms with van der Waals surface area (Å²) in [6.45, 7) is 2.31. The van der Waals surface area contributed by atoms with E-state index >= 15 is 0 Å². The Morgan fingerprint density at radius 3 is 2.57 bits per heavy atom. The molecule has 0 saturated carbocycles. The van der Waals surface area contributed by atoms with Crippen LogP contribution in [-0.4, -0.2) is 16.0 Å². The first kappa shape index (κ1) is 16.0. The van der Waals surface area contributed by atoms with Crippen molar-refractivity contribution in [2.24, 2.45) is 0 Å². The molecular weight excluding hydrogens is 374 g/mol. The van der Waals surface area contributed by atoms with Gasteiger partial charge in [0.15, 0.2) is 0 Å². The highest BCUT2D eigenvalue weighted by Crippen LogP contribution is 2.33. The van der Waals surface area contributed by atoms with Crippen molar-refractivity contribution in [3.63, 3.8) is 0 Å². The van der Waals surface area contributed by atoms with Gasteiger partial charge in [-0.2, -0.15) is 0 Å². The van der Waals surface area contributed by atoms with Crippen LogP contribution < -0.4 is 0 Å². The Morgan fingerprint density at radius 2 is 1.87 bits per heavy atom. The molecule has 1 saturated heterocycles. The van der Waals surface area contributed by atoms with Crippen LogP contribution in [0.15, 0.2) is 57.9 Å². The third-order valence-electron chi connectivity index (χ3n) is 3.48. The molecule has 0 bridgehead atoms. The lowest BCUT2D eigenvalue weighted by molar-refractivity contribution is -0.123. The third kappa shape index (κ3) is 3.74. The molecule has 0 aromatic heterocycles. The van der Waals surface area contributed by atoms with Crippen LogP contribution >= 0.6 is 27.7 Å². The first-order valence-corrected chi connectivity index (χ1v) is 8.70. The zero-order valence-electron chi connectivity index (χ0n) is 12.5. The van der Waals surface area contributed by atoms with E-state index in [1.807, 2.05) is 55.5 Å². The number of benzene rings is 2. The Balaban J connectivity index is 1.81. The van der Waals surface area contributed by atoms with E-state index in [1.165, 1.54) is 4.90 Å². The number of thioether (sulfide) groups is 1. The lowest BCUT2D eigenvalue weighted by Gasteiger charge is -2.12. The van der Waals surface area contributed by atoms with Crippen LogP contribution in [0.5, 0.6) is 0 Å². The van der Waals surface area contributed by atoms with Crippen LogP contribution in [0.4, 0.5) is 4.79 Å². The van der Waals surface area contributed by atoms with Gasteiger partial charge < -0.3 is 0 Å². The Morgan fingerprint density at radius 1 is 1.13 bits per heavy atom. The molecule has 1 aliphatic heterocycles. The fourth-order valence-electron chi connectivity index (χ4n) is 2.26. The minimum absolute atomic E-state index is 0.225. The molecule has 0 unspecified atom stereocenters. The second-order valence-electron chi connectivity index (χ2n) is 5.31. The van der Waals surface area contributed by atoms with Gasteiger partial charge in [0.2, 0.25) is 0 Å². The minimum Gasteiger partial charge on any atom is -0.268 e. The quantitative estimate of drug-likeness (QED) is 0.695. The second kappa shape index (κ2) is 6.72. The lowest BCUT2D eigenvalue weighted by atomic mass is 10.1. The SMILES string of the molecule is Cc1ccc(CN2C(=O)SC(=Cc3cccc(Br)c3)C2=O)cc1. The molecule has 0 spiro atoms. The van der Waals surface area contributed by atoms with Crippen molar-refractivity contribution < 1.29 is 9.59 Å². The normalized spacial score (nSPS) is 16.4. The number of hydrogen-bond donors (Lipinski definition) is 0. The molecule has 5 heteroatoms. The van der Waals surface area contributed by atoms with Crippen LogP contribution in [0.2, 0.25) is 0 Å². The van der Waals surface area contributed by atoms with Gasteiger partial charge >= 0.3 is 0 Å². The second-order valence-corrected chi connectivity index (χ2v) is 7.22. The molecule has 2 aromatic carbocycles. The molecule has 116 valence electrons. The van der Waals surface area contributed by atoms with E-state index in [4.69, 9.17) is 0 Å². The Kier molecular flexibility index (Phi) is 4.68. The summed E-state index contributed by atoms with van der Waals surface area (Å²) >= 11 is 4.39. The summed E-state index contributed by atoms with van der Waals surface area (Å²) in [5.41, 5.74) is 2.99. The summed E-state index contributed by atoms with van der Waals surface area (Å²) in [6.07, 6.45) is 1.75. The summed E-state index contributed by atoms with van der Waals surface area (Å²) in [6, 6.07) is 15.5. The number of imide groups is 1. The summed E-state index contributed by atoms with van der Waals surface area (Å²) < 4.78 is 0.935. The predicted molar refractivity (Wildman–Crippen MR) is 96.8 cm³/mol. The van der Waals surface area contributed by atoms with E-state index < -0.39 is 0 Å². The largest absolute Gasteiger partial charge is 0.293 e. The predicted octanol–water partition coefficient (Wildman–Crippen LogP) is 4.99. The van der Waals surface area contributed by atoms with Gasteiger partial charge in [0.1, 0.15) is 0 Å². The molecule has 0 atom stereocenters. The van der Waals surface area contributed by atoms with Crippen molar-refractivity contribution >= 4 is 44.9 Å². The van der Waals surface area contributed by atoms with Crippen LogP contribution in [0.1, 0.15) is 16.7 Å². The number of hydrogen-bond acceptors (Lipinski definition) is 3. The van der Waals surface area contributed by atoms with E-state index in [9.17, 15) is 9.59 Å². The van der Waals surface area contributed by atoms with Gasteiger partial charge in [-0.3, -0.25) is 14.5 Å². The van der Waals surface area contributed by atoms with E-state index in [1.54, 1.807) is 6.08 Å². The summed E-state index contributed by atoms with van der Waals surface area (Å²) in [7, 11) is 0. The summed E-state index contributed by atoms with van der Waals surface area (Å²) in [5, 5.41) is -0.225. The monoisotopic (exact) mass is 387 g/mol. The summed E-state index contributed by atoms with van der Waals surface area (Å²) in [5.74, 6) is -0.236. The smallest absolute Gasteiger partial charge is 0.268 e. The van der Waals surface area contributed by atoms with Gasteiger partial charge in [-0.05, 0) is 48.0 Å². The molecule has 3 nitrogen and oxygen atoms in total. The Hall–Kier alpha value is -1.85. The van der Waals surface area contributed by atoms with Gasteiger partial charge in [-0.1, -0.05) is 57.9 Å². The highest BCUT2D eigenvalue weighted by Gasteiger charge is 2.34. The highest BCUT2D eigenvalue weighted by atomic mass is 79.9. The van der Waals surface area contributed by atoms with Gasteiger partial charge in [0.25, 0.3) is 11.1 Å². The molecule has 2 aromatic rings. The zero-order chi connectivity index (χ0) is 16.4. The van der Waals surface area contributed by atoms with Crippen LogP contribution in [0, 0.1) is 6.92 Å². The van der Waals surface area contributed by atoms with Crippen molar-refractivity contribution in [3.05, 3.63) is 74.6 Å². The van der Waals surface area contributed by atoms with E-state index in [0.29, 0.717) is 11.4 Å². The third-order valence-corrected chi connectivity index (χ3v) is 4.88. The number of halogens is 1. The zero-order valence-corrected chi connectivity index (χ0v) is 14.9. The first-order chi connectivity index (χ1) is 11.0. The molecule has 2 amide bonds. The maximum Gasteiger partial charge on any atom is 0.293 e. The molecule has 1 heterocycles. The van der Waals surface area contributed by atoms with E-state index in [0.717, 1.165) is 32.9 Å². The number of aryl methyl sites for hydroxylation is 1. The first-order valence-electron chi connectivity index (χ1n) is 7.09. The molecule has 0 radical (unpaired) electrons. The lowest BCUT2D eigenvalue weighted by Crippen LogP contribution is -2.27. The van der Waals surface area contributed by atoms with Gasteiger partial charge in [-0.25, -0.2) is 0 Å². The molecule has 3 rings (SSSR count). The minimum atomic E-state index is -0.236. The molecule has 1 fully saturated rings. The average Bonchev–Trinajstić information content (AvgIpc) is 2.77. The number of amides is 2. The number of nitrogens with zero attached hydrogens (tertiary/aromatic N) is 1. The van der Waals surface area contributed by atoms with Crippen LogP contribution in [0.3, 0.4) is 0 Å². The fourth-order valence-corrected chi connectivity index (χ4v) is 3.52. The molecule has 0 aliphatic carbocycles. The standard InChI is InChI=1S/C18H14BrNO2S/c1-12-5-7-13(8-6-12)11-20-17(21)16(23-18(20)22)10-14-3-2-4-15(19)9-14/h2-10H,11H2,1H3. The fraction of sp³-hybridized carbons (Fsp3) is 0.111. The van der Waals surface area contributed by atoms with E-state index in [2.05, 4.69) is 15.9 Å². The molecule has 1 aliphatic rings. The highest BCUT2D eigenvalue weighted by molar-refractivity contribution is 9.10. The van der Waals surface area contributed by atoms with Crippen molar-refractivity contribution in [1.82, 2.24) is 4.90 Å². The molecule has 0 N–H and O–H groups in total. The van der Waals surface area contributed by atoms with Crippen molar-refractivity contribution in [2.75, 3.05) is 0 Å². The molecular formula is C18H14BrNO2S. The number of carbonyl (C=O) groups is 2. The van der Waals surface area contributed by atoms with Gasteiger partial charge in [0.05, 0.1) is 11.4 Å². The van der Waals surface area contributed by atoms with Crippen LogP contribution in [0.25, 0.3) is 6.08 Å². The number of rotatable bonds is 3. The molecule has 23 heavy (non-hydrogen) atoms. The van der Waals surface area contributed by atoms with Crippen molar-refractivity contribution in [3.8, 4) is 0 Å². The van der Waals surface area contributed by atoms with Crippen molar-refractivity contribution in [2.45, 2.75) is 13.5 Å². The van der Waals surface area contributed by atoms with Gasteiger partial charge in [0, 0.05) is 4.47 Å². The number of carbonyl (C=O) groups excluding carboxylic acids is 2. The topological polar surface area (TPSA) is 37.4 Å². The Bertz CT molecular complexity index is 799. The maximum absolute atomic E-state index is 12.5. The maximum atomic E-state index is 12.5. The Labute approximate surface area is 147 Å². The van der Waals surface area contributed by atoms with Gasteiger partial charge in [-0.15, -0.1) is 0 Å². The summed E-state index contributed by atoms with van der Waals surface area (Å²) in [4.78, 5) is 26.4.